The van der Waals surface area contributed by atoms with Gasteiger partial charge in [0.25, 0.3) is 0 Å². The molecule has 2 aromatic rings. The first-order chi connectivity index (χ1) is 14.2. The van der Waals surface area contributed by atoms with Crippen LogP contribution in [-0.2, 0) is 6.42 Å². The van der Waals surface area contributed by atoms with E-state index in [1.165, 1.54) is 17.8 Å². The van der Waals surface area contributed by atoms with Crippen LogP contribution in [0.4, 0.5) is 10.1 Å². The molecule has 29 heavy (non-hydrogen) atoms. The van der Waals surface area contributed by atoms with Crippen molar-refractivity contribution in [2.24, 2.45) is 10.9 Å². The van der Waals surface area contributed by atoms with Crippen LogP contribution in [0.3, 0.4) is 0 Å². The summed E-state index contributed by atoms with van der Waals surface area (Å²) in [7, 11) is 1.70. The Kier molecular flexibility index (Phi) is 7.73. The Morgan fingerprint density at radius 2 is 2.03 bits per heavy atom. The van der Waals surface area contributed by atoms with Gasteiger partial charge in [0.15, 0.2) is 5.96 Å². The molecule has 2 aromatic carbocycles. The van der Waals surface area contributed by atoms with Crippen LogP contribution in [0.2, 0.25) is 0 Å². The van der Waals surface area contributed by atoms with Crippen molar-refractivity contribution in [3.8, 4) is 5.75 Å². The Hall–Kier alpha value is -2.76. The van der Waals surface area contributed by atoms with E-state index < -0.39 is 0 Å². The molecule has 5 nitrogen and oxygen atoms in total. The first kappa shape index (κ1) is 21.0. The van der Waals surface area contributed by atoms with Crippen LogP contribution in [0.15, 0.2) is 53.5 Å². The number of hydrogen-bond donors (Lipinski definition) is 2. The molecule has 6 heteroatoms. The second-order valence-electron chi connectivity index (χ2n) is 7.33. The fourth-order valence-corrected chi connectivity index (χ4v) is 3.56. The molecular formula is C23H31FN4O. The molecule has 2 N–H and O–H groups in total. The smallest absolute Gasteiger partial charge is 0.191 e. The van der Waals surface area contributed by atoms with E-state index in [0.29, 0.717) is 5.92 Å². The highest BCUT2D eigenvalue weighted by atomic mass is 19.1. The van der Waals surface area contributed by atoms with E-state index in [-0.39, 0.29) is 5.82 Å². The Morgan fingerprint density at radius 1 is 1.21 bits per heavy atom. The van der Waals surface area contributed by atoms with Crippen molar-refractivity contribution in [2.45, 2.75) is 19.8 Å². The number of ether oxygens (including phenoxy) is 1. The normalized spacial score (nSPS) is 16.7. The number of anilines is 1. The molecule has 1 heterocycles. The minimum atomic E-state index is -0.198. The molecule has 0 amide bonds. The predicted octanol–water partition coefficient (Wildman–Crippen LogP) is 3.46. The largest absolute Gasteiger partial charge is 0.497 e. The van der Waals surface area contributed by atoms with Gasteiger partial charge in [-0.05, 0) is 55.5 Å². The second-order valence-corrected chi connectivity index (χ2v) is 7.33. The van der Waals surface area contributed by atoms with Gasteiger partial charge in [-0.15, -0.1) is 0 Å². The number of nitrogens with zero attached hydrogens (tertiary/aromatic N) is 2. The number of methoxy groups -OCH3 is 1. The molecular weight excluding hydrogens is 367 g/mol. The fraction of sp³-hybridized carbons (Fsp3) is 0.435. The van der Waals surface area contributed by atoms with Gasteiger partial charge in [-0.1, -0.05) is 18.2 Å². The highest BCUT2D eigenvalue weighted by Crippen LogP contribution is 2.26. The highest BCUT2D eigenvalue weighted by Gasteiger charge is 2.22. The van der Waals surface area contributed by atoms with Gasteiger partial charge in [-0.25, -0.2) is 4.39 Å². The Bertz CT molecular complexity index is 794. The monoisotopic (exact) mass is 398 g/mol. The zero-order valence-corrected chi connectivity index (χ0v) is 17.3. The molecule has 156 valence electrons. The number of benzene rings is 2. The Balaban J connectivity index is 1.48. The number of aliphatic imine (C=N–C) groups is 1. The van der Waals surface area contributed by atoms with Crippen molar-refractivity contribution in [3.05, 3.63) is 59.9 Å². The summed E-state index contributed by atoms with van der Waals surface area (Å²) in [5.41, 5.74) is 2.32. The number of nitrogens with one attached hydrogen (secondary N) is 2. The molecule has 0 saturated carbocycles. The molecule has 0 spiro atoms. The molecule has 0 radical (unpaired) electrons. The quantitative estimate of drug-likeness (QED) is 0.528. The van der Waals surface area contributed by atoms with E-state index in [4.69, 9.17) is 9.73 Å². The third-order valence-corrected chi connectivity index (χ3v) is 5.18. The van der Waals surface area contributed by atoms with Gasteiger partial charge in [-0.3, -0.25) is 4.99 Å². The van der Waals surface area contributed by atoms with Gasteiger partial charge in [0, 0.05) is 44.5 Å². The summed E-state index contributed by atoms with van der Waals surface area (Å²) in [6.45, 7) is 6.50. The fourth-order valence-electron chi connectivity index (χ4n) is 3.56. The zero-order valence-electron chi connectivity index (χ0n) is 17.3. The van der Waals surface area contributed by atoms with E-state index in [1.54, 1.807) is 7.11 Å². The van der Waals surface area contributed by atoms with Gasteiger partial charge < -0.3 is 20.3 Å². The lowest BCUT2D eigenvalue weighted by Gasteiger charge is -2.19. The van der Waals surface area contributed by atoms with Crippen LogP contribution in [-0.4, -0.2) is 45.8 Å². The van der Waals surface area contributed by atoms with Crippen molar-refractivity contribution in [1.82, 2.24) is 10.6 Å². The third kappa shape index (κ3) is 6.38. The maximum atomic E-state index is 13.0. The van der Waals surface area contributed by atoms with Crippen molar-refractivity contribution in [3.63, 3.8) is 0 Å². The first-order valence-corrected chi connectivity index (χ1v) is 10.3. The average molecular weight is 399 g/mol. The van der Waals surface area contributed by atoms with Crippen LogP contribution in [0, 0.1) is 11.7 Å². The van der Waals surface area contributed by atoms with Crippen molar-refractivity contribution < 1.29 is 9.13 Å². The first-order valence-electron chi connectivity index (χ1n) is 10.3. The van der Waals surface area contributed by atoms with Gasteiger partial charge in [0.2, 0.25) is 0 Å². The van der Waals surface area contributed by atoms with Gasteiger partial charge >= 0.3 is 0 Å². The SMILES string of the molecule is CCNC(=NCC1CCN(c2cccc(OC)c2)C1)NCCc1ccc(F)cc1. The molecule has 1 saturated heterocycles. The van der Waals surface area contributed by atoms with Gasteiger partial charge in [0.1, 0.15) is 11.6 Å². The van der Waals surface area contributed by atoms with Crippen LogP contribution in [0.25, 0.3) is 0 Å². The van der Waals surface area contributed by atoms with Crippen LogP contribution < -0.4 is 20.3 Å². The second kappa shape index (κ2) is 10.7. The number of rotatable bonds is 8. The molecule has 1 atom stereocenters. The molecule has 1 unspecified atom stereocenters. The van der Waals surface area contributed by atoms with Gasteiger partial charge in [-0.2, -0.15) is 0 Å². The highest BCUT2D eigenvalue weighted by molar-refractivity contribution is 5.79. The maximum Gasteiger partial charge on any atom is 0.191 e. The molecule has 1 fully saturated rings. The van der Waals surface area contributed by atoms with E-state index in [0.717, 1.165) is 62.8 Å². The van der Waals surface area contributed by atoms with E-state index in [1.807, 2.05) is 24.3 Å². The van der Waals surface area contributed by atoms with E-state index in [9.17, 15) is 4.39 Å². The molecule has 1 aliphatic rings. The predicted molar refractivity (Wildman–Crippen MR) is 117 cm³/mol. The minimum Gasteiger partial charge on any atom is -0.497 e. The summed E-state index contributed by atoms with van der Waals surface area (Å²) >= 11 is 0. The van der Waals surface area contributed by atoms with Crippen molar-refractivity contribution in [1.29, 1.82) is 0 Å². The maximum absolute atomic E-state index is 13.0. The van der Waals surface area contributed by atoms with Gasteiger partial charge in [0.05, 0.1) is 7.11 Å². The summed E-state index contributed by atoms with van der Waals surface area (Å²) in [6.07, 6.45) is 1.97. The molecule has 0 bridgehead atoms. The average Bonchev–Trinajstić information content (AvgIpc) is 3.22. The summed E-state index contributed by atoms with van der Waals surface area (Å²) in [5.74, 6) is 2.07. The zero-order chi connectivity index (χ0) is 20.5. The molecule has 3 rings (SSSR count). The van der Waals surface area contributed by atoms with E-state index >= 15 is 0 Å². The van der Waals surface area contributed by atoms with Crippen molar-refractivity contribution >= 4 is 11.6 Å². The number of guanidine groups is 1. The lowest BCUT2D eigenvalue weighted by atomic mass is 10.1. The summed E-state index contributed by atoms with van der Waals surface area (Å²) in [5, 5.41) is 6.69. The summed E-state index contributed by atoms with van der Waals surface area (Å²) in [4.78, 5) is 7.19. The van der Waals surface area contributed by atoms with Crippen LogP contribution in [0.5, 0.6) is 5.75 Å². The molecule has 1 aliphatic heterocycles. The Morgan fingerprint density at radius 3 is 2.79 bits per heavy atom. The standard InChI is InChI=1S/C23H31FN4O/c1-3-25-23(26-13-11-18-7-9-20(24)10-8-18)27-16-19-12-14-28(17-19)21-5-4-6-22(15-21)29-2/h4-10,15,19H,3,11-14,16-17H2,1-2H3,(H2,25,26,27). The molecule has 0 aliphatic carbocycles. The molecule has 0 aromatic heterocycles. The lowest BCUT2D eigenvalue weighted by molar-refractivity contribution is 0.415. The Labute approximate surface area is 173 Å². The topological polar surface area (TPSA) is 48.9 Å². The van der Waals surface area contributed by atoms with Crippen molar-refractivity contribution in [2.75, 3.05) is 44.7 Å². The van der Waals surface area contributed by atoms with Crippen LogP contribution >= 0.6 is 0 Å². The summed E-state index contributed by atoms with van der Waals surface area (Å²) < 4.78 is 18.3. The lowest BCUT2D eigenvalue weighted by Crippen LogP contribution is -2.38. The number of halogens is 1. The third-order valence-electron chi connectivity index (χ3n) is 5.18. The van der Waals surface area contributed by atoms with E-state index in [2.05, 4.69) is 34.6 Å². The summed E-state index contributed by atoms with van der Waals surface area (Å²) in [6, 6.07) is 14.9. The number of hydrogen-bond acceptors (Lipinski definition) is 3. The van der Waals surface area contributed by atoms with Crippen LogP contribution in [0.1, 0.15) is 18.9 Å². The minimum absolute atomic E-state index is 0.198.